The monoisotopic (exact) mass is 690 g/mol. The molecule has 2 unspecified atom stereocenters. The normalized spacial score (nSPS) is 18.5. The van der Waals surface area contributed by atoms with Crippen LogP contribution in [0.5, 0.6) is 0 Å². The van der Waals surface area contributed by atoms with E-state index >= 15 is 0 Å². The Bertz CT molecular complexity index is 1280. The molecule has 0 saturated heterocycles. The Morgan fingerprint density at radius 3 is 2.42 bits per heavy atom. The first-order valence-electron chi connectivity index (χ1n) is 17.9. The van der Waals surface area contributed by atoms with E-state index in [9.17, 15) is 29.7 Å². The zero-order chi connectivity index (χ0) is 36.5. The summed E-state index contributed by atoms with van der Waals surface area (Å²) in [4.78, 5) is 40.4. The number of nitrogens with zero attached hydrogens (tertiary/aromatic N) is 6. The van der Waals surface area contributed by atoms with Crippen LogP contribution in [0.1, 0.15) is 44.9 Å². The second kappa shape index (κ2) is 21.7. The molecular weight excluding hydrogens is 637 g/mol. The Hall–Kier alpha value is -3.40. The zero-order valence-electron chi connectivity index (χ0n) is 30.0. The maximum absolute atomic E-state index is 11.2. The van der Waals surface area contributed by atoms with Crippen LogP contribution < -0.4 is 10.5 Å². The van der Waals surface area contributed by atoms with E-state index in [0.717, 1.165) is 75.6 Å². The molecule has 2 aliphatic heterocycles. The van der Waals surface area contributed by atoms with Gasteiger partial charge < -0.3 is 64.3 Å². The van der Waals surface area contributed by atoms with Crippen LogP contribution in [0.3, 0.4) is 0 Å². The van der Waals surface area contributed by atoms with Crippen LogP contribution in [0.25, 0.3) is 0 Å². The van der Waals surface area contributed by atoms with Gasteiger partial charge in [0.1, 0.15) is 30.1 Å². The van der Waals surface area contributed by atoms with Gasteiger partial charge >= 0.3 is 43.0 Å². The van der Waals surface area contributed by atoms with Gasteiger partial charge in [0.2, 0.25) is 0 Å². The molecule has 0 aromatic heterocycles. The molecule has 0 aromatic carbocycles. The third-order valence-electron chi connectivity index (χ3n) is 8.42. The molecule has 50 heavy (non-hydrogen) atoms. The molecule has 268 valence electrons. The van der Waals surface area contributed by atoms with Crippen LogP contribution in [0.4, 0.5) is 0 Å². The third kappa shape index (κ3) is 13.4. The molecule has 3 rings (SSSR count). The first-order valence-corrected chi connectivity index (χ1v) is 17.9. The first kappa shape index (κ1) is 41.0. The number of amidine groups is 1. The molecule has 3 aliphatic rings. The highest BCUT2D eigenvalue weighted by molar-refractivity contribution is 6.67. The molecule has 0 bridgehead atoms. The Morgan fingerprint density at radius 1 is 1.04 bits per heavy atom. The minimum Gasteiger partial charge on any atom is -0.488 e. The predicted molar refractivity (Wildman–Crippen MR) is 208 cm³/mol. The highest BCUT2D eigenvalue weighted by Crippen LogP contribution is 2.32. The zero-order valence-corrected chi connectivity index (χ0v) is 30.0. The van der Waals surface area contributed by atoms with E-state index in [1.54, 1.807) is 30.1 Å². The molecule has 1 aliphatic carbocycles. The lowest BCUT2D eigenvalue weighted by molar-refractivity contribution is 0.154. The molecule has 6 N–H and O–H groups in total. The molecule has 21 heteroatoms. The SMILES string of the molecule is CB(O)/N=C(\N(CCCCCCCCN/C(=N\BC=O)NB(C)O)B(C)O)N(CC1=CC2C=C(C3=NCCCN3BC=O)C=CC2O1)B(C)O. The number of unbranched alkanes of at least 4 members (excludes halogenated alkanes) is 5. The van der Waals surface area contributed by atoms with Crippen molar-refractivity contribution in [1.82, 2.24) is 25.0 Å². The van der Waals surface area contributed by atoms with Crippen molar-refractivity contribution in [2.45, 2.75) is 78.3 Å². The topological polar surface area (TPSA) is 195 Å². The number of guanidine groups is 2. The van der Waals surface area contributed by atoms with Crippen molar-refractivity contribution < 1.29 is 34.4 Å². The second-order valence-corrected chi connectivity index (χ2v) is 12.8. The van der Waals surface area contributed by atoms with Gasteiger partial charge in [-0.05, 0) is 58.7 Å². The minimum absolute atomic E-state index is 0.0213. The molecule has 15 nitrogen and oxygen atoms in total. The van der Waals surface area contributed by atoms with E-state index in [0.29, 0.717) is 38.4 Å². The van der Waals surface area contributed by atoms with Crippen molar-refractivity contribution in [2.75, 3.05) is 32.7 Å². The Balaban J connectivity index is 1.57. The average molecular weight is 690 g/mol. The van der Waals surface area contributed by atoms with E-state index in [2.05, 4.69) is 31.4 Å². The van der Waals surface area contributed by atoms with Crippen molar-refractivity contribution in [3.05, 3.63) is 35.6 Å². The fourth-order valence-corrected chi connectivity index (χ4v) is 6.08. The van der Waals surface area contributed by atoms with Crippen molar-refractivity contribution in [1.29, 1.82) is 0 Å². The summed E-state index contributed by atoms with van der Waals surface area (Å²) in [5.41, 5.74) is 0.953. The number of rotatable bonds is 20. The van der Waals surface area contributed by atoms with Crippen LogP contribution in [0, 0.1) is 5.92 Å². The van der Waals surface area contributed by atoms with E-state index in [1.807, 2.05) is 23.0 Å². The quantitative estimate of drug-likeness (QED) is 0.0296. The van der Waals surface area contributed by atoms with Gasteiger partial charge in [-0.1, -0.05) is 37.8 Å². The van der Waals surface area contributed by atoms with E-state index in [4.69, 9.17) is 4.74 Å². The summed E-state index contributed by atoms with van der Waals surface area (Å²) in [6, 6.07) is 0. The van der Waals surface area contributed by atoms with Crippen LogP contribution in [-0.2, 0) is 14.3 Å². The van der Waals surface area contributed by atoms with Gasteiger partial charge in [-0.25, -0.2) is 0 Å². The van der Waals surface area contributed by atoms with Crippen molar-refractivity contribution in [2.24, 2.45) is 20.7 Å². The molecule has 0 radical (unpaired) electrons. The highest BCUT2D eigenvalue weighted by Gasteiger charge is 2.35. The van der Waals surface area contributed by atoms with Crippen molar-refractivity contribution >= 4 is 73.2 Å². The maximum Gasteiger partial charge on any atom is 0.431 e. The van der Waals surface area contributed by atoms with Gasteiger partial charge in [0.05, 0.1) is 6.54 Å². The Labute approximate surface area is 299 Å². The number of fused-ring (bicyclic) bond motifs is 1. The predicted octanol–water partition coefficient (Wildman–Crippen LogP) is -1.15. The van der Waals surface area contributed by atoms with Gasteiger partial charge in [0.15, 0.2) is 11.9 Å². The molecule has 0 fully saturated rings. The van der Waals surface area contributed by atoms with Crippen LogP contribution in [-0.4, -0.2) is 147 Å². The number of hydrogen-bond acceptors (Lipinski definition) is 11. The van der Waals surface area contributed by atoms with E-state index in [1.165, 1.54) is 6.82 Å². The fourth-order valence-electron chi connectivity index (χ4n) is 6.08. The highest BCUT2D eigenvalue weighted by atomic mass is 16.5. The number of carbonyl (C=O) groups is 2. The standard InChI is InChI=1S/C29H52B6N8O7/c1-32(46)39-28(38-30-21-44)37-14-9-7-5-6-8-10-17-42(34(3)48)29(40-33(2)47)43(35(4)49)20-25-19-24-18-23(12-13-26(24)50-25)27-36-15-11-16-41(27)31-22-45/h12-13,18-19,21-22,24,26,30-31,46-49H,5-11,14-17,20H2,1-4H3,(H2,37,38,39)/b40-29+. The summed E-state index contributed by atoms with van der Waals surface area (Å²) in [6.07, 6.45) is 16.0. The number of hydrogen-bond donors (Lipinski definition) is 6. The van der Waals surface area contributed by atoms with E-state index < -0.39 is 28.2 Å². The van der Waals surface area contributed by atoms with Gasteiger partial charge in [-0.2, -0.15) is 0 Å². The summed E-state index contributed by atoms with van der Waals surface area (Å²) < 4.78 is 6.28. The largest absolute Gasteiger partial charge is 0.488 e. The lowest BCUT2D eigenvalue weighted by atomic mass is 9.80. The van der Waals surface area contributed by atoms with Crippen LogP contribution >= 0.6 is 0 Å². The number of carbonyl (C=O) groups excluding carboxylic acids is 2. The summed E-state index contributed by atoms with van der Waals surface area (Å²) >= 11 is 0. The Morgan fingerprint density at radius 2 is 1.76 bits per heavy atom. The second-order valence-electron chi connectivity index (χ2n) is 12.8. The van der Waals surface area contributed by atoms with E-state index in [-0.39, 0.29) is 31.9 Å². The molecule has 0 saturated carbocycles. The van der Waals surface area contributed by atoms with Gasteiger partial charge in [0.25, 0.3) is 0 Å². The maximum atomic E-state index is 11.2. The van der Waals surface area contributed by atoms with Crippen LogP contribution in [0.15, 0.2) is 50.4 Å². The summed E-state index contributed by atoms with van der Waals surface area (Å²) in [6.45, 7) is 9.18. The smallest absolute Gasteiger partial charge is 0.431 e. The van der Waals surface area contributed by atoms with Gasteiger partial charge in [0, 0.05) is 37.7 Å². The lowest BCUT2D eigenvalue weighted by Gasteiger charge is -2.37. The summed E-state index contributed by atoms with van der Waals surface area (Å²) in [5.74, 6) is 2.08. The molecule has 0 spiro atoms. The number of nitrogens with one attached hydrogen (secondary N) is 2. The summed E-state index contributed by atoms with van der Waals surface area (Å²) in [5, 5.41) is 47.5. The molecule has 0 amide bonds. The number of ether oxygens (including phenoxy) is 1. The molecule has 2 atom stereocenters. The van der Waals surface area contributed by atoms with Crippen LogP contribution in [0.2, 0.25) is 27.3 Å². The Kier molecular flexibility index (Phi) is 17.8. The van der Waals surface area contributed by atoms with Crippen molar-refractivity contribution in [3.8, 4) is 0 Å². The summed E-state index contributed by atoms with van der Waals surface area (Å²) in [7, 11) is -3.45. The average Bonchev–Trinajstić information content (AvgIpc) is 3.48. The van der Waals surface area contributed by atoms with Crippen molar-refractivity contribution in [3.63, 3.8) is 0 Å². The molecule has 2 heterocycles. The first-order chi connectivity index (χ1) is 24.0. The van der Waals surface area contributed by atoms with Gasteiger partial charge in [-0.15, -0.1) is 0 Å². The number of aliphatic imine (C=N–C) groups is 1. The molecule has 0 aromatic rings. The third-order valence-corrected chi connectivity index (χ3v) is 8.42. The lowest BCUT2D eigenvalue weighted by Crippen LogP contribution is -2.56. The van der Waals surface area contributed by atoms with Gasteiger partial charge in [-0.3, -0.25) is 9.90 Å². The minimum atomic E-state index is -1.07. The fraction of sp³-hybridized carbons (Fsp3) is 0.621. The molecular formula is C29H52B6N8O7.